The lowest BCUT2D eigenvalue weighted by Gasteiger charge is -2.44. The normalized spacial score (nSPS) is 14.1. The van der Waals surface area contributed by atoms with Crippen molar-refractivity contribution in [1.29, 1.82) is 0 Å². The molecular weight excluding hydrogens is 202 g/mol. The lowest BCUT2D eigenvalue weighted by atomic mass is 10.2. The van der Waals surface area contributed by atoms with E-state index in [1.54, 1.807) is 0 Å². The maximum atomic E-state index is 2.40. The second-order valence-corrected chi connectivity index (χ2v) is 9.36. The summed E-state index contributed by atoms with van der Waals surface area (Å²) in [4.78, 5) is 0. The first kappa shape index (κ1) is 14.8. The topological polar surface area (TPSA) is 9.72 Å². The zero-order valence-corrected chi connectivity index (χ0v) is 12.6. The van der Waals surface area contributed by atoms with Crippen molar-refractivity contribution in [3.63, 3.8) is 0 Å². The monoisotopic (exact) mass is 229 g/mol. The minimum absolute atomic E-state index is 0.608. The van der Waals surface area contributed by atoms with E-state index in [2.05, 4.69) is 81.6 Å². The van der Waals surface area contributed by atoms with Gasteiger partial charge in [-0.15, -0.1) is 0 Å². The molecule has 0 radical (unpaired) electrons. The van der Waals surface area contributed by atoms with Gasteiger partial charge in [0.2, 0.25) is 0 Å². The second-order valence-electron chi connectivity index (χ2n) is 4.97. The Kier molecular flexibility index (Phi) is 5.73. The highest BCUT2D eigenvalue weighted by Gasteiger charge is 2.39. The number of hydrogen-bond acceptors (Lipinski definition) is 3. The summed E-state index contributed by atoms with van der Waals surface area (Å²) >= 11 is 0. The van der Waals surface area contributed by atoms with Crippen LogP contribution in [0.15, 0.2) is 11.8 Å². The summed E-state index contributed by atoms with van der Waals surface area (Å²) < 4.78 is 7.06. The zero-order chi connectivity index (χ0) is 12.2. The van der Waals surface area contributed by atoms with E-state index in [0.29, 0.717) is 5.92 Å². The molecule has 0 aliphatic carbocycles. The number of nitrogens with zero attached hydrogens (tertiary/aromatic N) is 3. The summed E-state index contributed by atoms with van der Waals surface area (Å²) in [6.45, 7) is 4.44. The van der Waals surface area contributed by atoms with E-state index in [1.807, 2.05) is 0 Å². The fourth-order valence-corrected chi connectivity index (χ4v) is 5.91. The predicted molar refractivity (Wildman–Crippen MR) is 70.8 cm³/mol. The second kappa shape index (κ2) is 5.79. The van der Waals surface area contributed by atoms with Gasteiger partial charge in [-0.25, -0.2) is 0 Å². The third kappa shape index (κ3) is 3.41. The van der Waals surface area contributed by atoms with Crippen LogP contribution in [0.5, 0.6) is 0 Å². The first-order chi connectivity index (χ1) is 6.75. The maximum Gasteiger partial charge on any atom is 0.314 e. The van der Waals surface area contributed by atoms with Gasteiger partial charge in [0.15, 0.2) is 0 Å². The van der Waals surface area contributed by atoms with Crippen LogP contribution < -0.4 is 0 Å². The average molecular weight is 229 g/mol. The van der Waals surface area contributed by atoms with Crippen LogP contribution in [0.25, 0.3) is 0 Å². The average Bonchev–Trinajstić information content (AvgIpc) is 2.02. The van der Waals surface area contributed by atoms with Crippen LogP contribution in [-0.2, 0) is 0 Å². The van der Waals surface area contributed by atoms with Crippen molar-refractivity contribution in [2.45, 2.75) is 13.8 Å². The molecule has 0 saturated heterocycles. The highest BCUT2D eigenvalue weighted by molar-refractivity contribution is 6.76. The Morgan fingerprint density at radius 3 is 1.33 bits per heavy atom. The van der Waals surface area contributed by atoms with Crippen molar-refractivity contribution in [3.8, 4) is 0 Å². The van der Waals surface area contributed by atoms with Crippen molar-refractivity contribution >= 4 is 8.56 Å². The van der Waals surface area contributed by atoms with E-state index in [-0.39, 0.29) is 0 Å². The SMILES string of the molecule is CC(C)C=C[Si](N(C)C)(N(C)C)N(C)C. The van der Waals surface area contributed by atoms with Crippen LogP contribution in [0, 0.1) is 5.92 Å². The molecule has 0 N–H and O–H groups in total. The van der Waals surface area contributed by atoms with E-state index in [9.17, 15) is 0 Å². The summed E-state index contributed by atoms with van der Waals surface area (Å²) in [7, 11) is 11.2. The first-order valence-electron chi connectivity index (χ1n) is 5.46. The molecule has 0 rings (SSSR count). The van der Waals surface area contributed by atoms with E-state index < -0.39 is 8.56 Å². The van der Waals surface area contributed by atoms with Crippen molar-refractivity contribution in [2.75, 3.05) is 42.3 Å². The van der Waals surface area contributed by atoms with Crippen LogP contribution in [0.4, 0.5) is 0 Å². The number of hydrogen-bond donors (Lipinski definition) is 0. The largest absolute Gasteiger partial charge is 0.314 e. The summed E-state index contributed by atoms with van der Waals surface area (Å²) in [6.07, 6.45) is 2.31. The van der Waals surface area contributed by atoms with Crippen LogP contribution in [0.3, 0.4) is 0 Å². The molecule has 90 valence electrons. The molecule has 4 heteroatoms. The molecule has 0 aromatic rings. The van der Waals surface area contributed by atoms with Crippen molar-refractivity contribution in [3.05, 3.63) is 11.8 Å². The third-order valence-electron chi connectivity index (χ3n) is 2.68. The van der Waals surface area contributed by atoms with Gasteiger partial charge in [0.1, 0.15) is 0 Å². The molecule has 0 aromatic carbocycles. The maximum absolute atomic E-state index is 2.40. The van der Waals surface area contributed by atoms with Crippen LogP contribution in [-0.4, -0.2) is 64.5 Å². The highest BCUT2D eigenvalue weighted by Crippen LogP contribution is 2.15. The van der Waals surface area contributed by atoms with Gasteiger partial charge in [-0.05, 0) is 48.2 Å². The van der Waals surface area contributed by atoms with E-state index in [1.165, 1.54) is 0 Å². The van der Waals surface area contributed by atoms with Gasteiger partial charge >= 0.3 is 8.56 Å². The Bertz CT molecular complexity index is 188. The molecule has 0 aliphatic heterocycles. The van der Waals surface area contributed by atoms with Crippen LogP contribution >= 0.6 is 0 Å². The molecule has 15 heavy (non-hydrogen) atoms. The fourth-order valence-electron chi connectivity index (χ4n) is 1.97. The fraction of sp³-hybridized carbons (Fsp3) is 0.818. The third-order valence-corrected chi connectivity index (χ3v) is 7.27. The van der Waals surface area contributed by atoms with Gasteiger partial charge in [-0.3, -0.25) is 0 Å². The smallest absolute Gasteiger partial charge is 0.302 e. The molecule has 0 fully saturated rings. The minimum atomic E-state index is -1.77. The molecule has 0 bridgehead atoms. The van der Waals surface area contributed by atoms with Crippen LogP contribution in [0.2, 0.25) is 0 Å². The Hall–Kier alpha value is -0.163. The van der Waals surface area contributed by atoms with Gasteiger partial charge in [0.05, 0.1) is 0 Å². The summed E-state index contributed by atoms with van der Waals surface area (Å²) in [5.74, 6) is 0.608. The van der Waals surface area contributed by atoms with Crippen molar-refractivity contribution < 1.29 is 0 Å². The molecule has 3 nitrogen and oxygen atoms in total. The highest BCUT2D eigenvalue weighted by atomic mass is 28.4. The zero-order valence-electron chi connectivity index (χ0n) is 11.6. The molecule has 0 aromatic heterocycles. The molecule has 0 unspecified atom stereocenters. The lowest BCUT2D eigenvalue weighted by molar-refractivity contribution is 0.394. The lowest BCUT2D eigenvalue weighted by Crippen LogP contribution is -2.68. The van der Waals surface area contributed by atoms with Gasteiger partial charge in [0, 0.05) is 0 Å². The van der Waals surface area contributed by atoms with Crippen LogP contribution in [0.1, 0.15) is 13.8 Å². The Morgan fingerprint density at radius 2 is 1.13 bits per heavy atom. The molecule has 0 atom stereocenters. The van der Waals surface area contributed by atoms with E-state index in [0.717, 1.165) is 0 Å². The van der Waals surface area contributed by atoms with Crippen molar-refractivity contribution in [1.82, 2.24) is 13.7 Å². The Morgan fingerprint density at radius 1 is 0.800 bits per heavy atom. The molecule has 0 amide bonds. The Labute approximate surface area is 96.6 Å². The molecule has 0 spiro atoms. The quantitative estimate of drug-likeness (QED) is 0.659. The molecule has 0 saturated carbocycles. The predicted octanol–water partition coefficient (Wildman–Crippen LogP) is 1.36. The van der Waals surface area contributed by atoms with Gasteiger partial charge in [-0.1, -0.05) is 25.6 Å². The van der Waals surface area contributed by atoms with E-state index >= 15 is 0 Å². The number of allylic oxidation sites excluding steroid dienone is 1. The van der Waals surface area contributed by atoms with Gasteiger partial charge in [0.25, 0.3) is 0 Å². The minimum Gasteiger partial charge on any atom is -0.302 e. The van der Waals surface area contributed by atoms with Gasteiger partial charge < -0.3 is 13.7 Å². The van der Waals surface area contributed by atoms with Gasteiger partial charge in [-0.2, -0.15) is 0 Å². The number of rotatable bonds is 5. The van der Waals surface area contributed by atoms with Crippen molar-refractivity contribution in [2.24, 2.45) is 5.92 Å². The molecule has 0 heterocycles. The standard InChI is InChI=1S/C11H27N3Si/c1-11(2)9-10-15(12(3)4,13(5)6)14(7)8/h9-11H,1-8H3. The first-order valence-corrected chi connectivity index (χ1v) is 7.38. The summed E-state index contributed by atoms with van der Waals surface area (Å²) in [5.41, 5.74) is 2.40. The molecular formula is C11H27N3Si. The summed E-state index contributed by atoms with van der Waals surface area (Å²) in [5, 5.41) is 0. The Balaban J connectivity index is 5.14. The summed E-state index contributed by atoms with van der Waals surface area (Å²) in [6, 6.07) is 0. The van der Waals surface area contributed by atoms with E-state index in [4.69, 9.17) is 0 Å². The molecule has 0 aliphatic rings.